The van der Waals surface area contributed by atoms with Crippen molar-refractivity contribution in [1.82, 2.24) is 15.1 Å². The Morgan fingerprint density at radius 3 is 2.70 bits per heavy atom. The normalized spacial score (nSPS) is 11.6. The topological polar surface area (TPSA) is 81.1 Å². The van der Waals surface area contributed by atoms with Crippen molar-refractivity contribution in [3.05, 3.63) is 34.5 Å². The van der Waals surface area contributed by atoms with Crippen LogP contribution in [0.25, 0.3) is 0 Å². The average Bonchev–Trinajstić information content (AvgIpc) is 2.95. The predicted molar refractivity (Wildman–Crippen MR) is 76.5 cm³/mol. The number of aromatic nitrogens is 2. The molecule has 0 aromatic carbocycles. The SMILES string of the molecule is Cc1c(C(=O)NCc2ccc(S(=O)(=O)Cl)s2)cnn1C. The Morgan fingerprint density at radius 1 is 1.50 bits per heavy atom. The van der Waals surface area contributed by atoms with E-state index in [-0.39, 0.29) is 16.7 Å². The first kappa shape index (κ1) is 15.0. The highest BCUT2D eigenvalue weighted by Crippen LogP contribution is 2.24. The number of hydrogen-bond acceptors (Lipinski definition) is 5. The van der Waals surface area contributed by atoms with E-state index in [1.807, 2.05) is 0 Å². The maximum absolute atomic E-state index is 12.0. The fourth-order valence-electron chi connectivity index (χ4n) is 1.57. The van der Waals surface area contributed by atoms with Gasteiger partial charge in [0.05, 0.1) is 18.3 Å². The van der Waals surface area contributed by atoms with Gasteiger partial charge in [0.1, 0.15) is 4.21 Å². The molecule has 0 spiro atoms. The Bertz CT molecular complexity index is 749. The van der Waals surface area contributed by atoms with Crippen molar-refractivity contribution in [1.29, 1.82) is 0 Å². The molecule has 1 amide bonds. The van der Waals surface area contributed by atoms with Gasteiger partial charge in [-0.25, -0.2) is 8.42 Å². The van der Waals surface area contributed by atoms with Crippen molar-refractivity contribution >= 4 is 37.0 Å². The molecular formula is C11H12ClN3O3S2. The lowest BCUT2D eigenvalue weighted by molar-refractivity contribution is 0.0950. The van der Waals surface area contributed by atoms with E-state index in [0.717, 1.165) is 17.0 Å². The number of carbonyl (C=O) groups excluding carboxylic acids is 1. The van der Waals surface area contributed by atoms with Gasteiger partial charge in [-0.15, -0.1) is 11.3 Å². The molecule has 20 heavy (non-hydrogen) atoms. The third-order valence-corrected chi connectivity index (χ3v) is 5.96. The van der Waals surface area contributed by atoms with Crippen LogP contribution in [0.4, 0.5) is 0 Å². The van der Waals surface area contributed by atoms with E-state index in [9.17, 15) is 13.2 Å². The molecule has 0 aliphatic rings. The number of halogens is 1. The lowest BCUT2D eigenvalue weighted by atomic mass is 10.2. The van der Waals surface area contributed by atoms with Crippen molar-refractivity contribution in [2.75, 3.05) is 0 Å². The van der Waals surface area contributed by atoms with E-state index >= 15 is 0 Å². The lowest BCUT2D eigenvalue weighted by Crippen LogP contribution is -2.22. The molecule has 0 aliphatic heterocycles. The molecule has 2 aromatic rings. The van der Waals surface area contributed by atoms with Gasteiger partial charge in [-0.3, -0.25) is 9.48 Å². The molecule has 0 radical (unpaired) electrons. The van der Waals surface area contributed by atoms with E-state index in [4.69, 9.17) is 10.7 Å². The molecule has 0 fully saturated rings. The monoisotopic (exact) mass is 333 g/mol. The van der Waals surface area contributed by atoms with Crippen molar-refractivity contribution < 1.29 is 13.2 Å². The lowest BCUT2D eigenvalue weighted by Gasteiger charge is -2.03. The predicted octanol–water partition coefficient (Wildman–Crippen LogP) is 1.65. The second kappa shape index (κ2) is 5.55. The minimum absolute atomic E-state index is 0.0703. The summed E-state index contributed by atoms with van der Waals surface area (Å²) in [6, 6.07) is 3.04. The second-order valence-corrected chi connectivity index (χ2v) is 8.07. The molecule has 0 bridgehead atoms. The van der Waals surface area contributed by atoms with Crippen LogP contribution in [0, 0.1) is 6.92 Å². The molecule has 2 rings (SSSR count). The van der Waals surface area contributed by atoms with Crippen molar-refractivity contribution in [2.45, 2.75) is 17.7 Å². The Morgan fingerprint density at radius 2 is 2.20 bits per heavy atom. The Hall–Kier alpha value is -1.38. The molecule has 1 N–H and O–H groups in total. The van der Waals surface area contributed by atoms with Crippen LogP contribution in [0.5, 0.6) is 0 Å². The first-order valence-electron chi connectivity index (χ1n) is 5.59. The largest absolute Gasteiger partial charge is 0.347 e. The number of amides is 1. The maximum atomic E-state index is 12.0. The summed E-state index contributed by atoms with van der Waals surface area (Å²) in [6.45, 7) is 2.04. The standard InChI is InChI=1S/C11H12ClN3O3S2/c1-7-9(6-14-15(7)2)11(16)13-5-8-3-4-10(19-8)20(12,17)18/h3-4,6H,5H2,1-2H3,(H,13,16). The van der Waals surface area contributed by atoms with Crippen LogP contribution >= 0.6 is 22.0 Å². The Balaban J connectivity index is 2.04. The maximum Gasteiger partial charge on any atom is 0.270 e. The van der Waals surface area contributed by atoms with Crippen molar-refractivity contribution in [3.8, 4) is 0 Å². The van der Waals surface area contributed by atoms with Crippen LogP contribution in [0.1, 0.15) is 20.9 Å². The molecule has 0 unspecified atom stereocenters. The molecule has 0 atom stereocenters. The molecule has 6 nitrogen and oxygen atoms in total. The average molecular weight is 334 g/mol. The van der Waals surface area contributed by atoms with E-state index in [2.05, 4.69) is 10.4 Å². The van der Waals surface area contributed by atoms with E-state index in [1.165, 1.54) is 12.3 Å². The van der Waals surface area contributed by atoms with Crippen LogP contribution < -0.4 is 5.32 Å². The molecular weight excluding hydrogens is 322 g/mol. The third kappa shape index (κ3) is 3.20. The number of hydrogen-bond donors (Lipinski definition) is 1. The van der Waals surface area contributed by atoms with Crippen LogP contribution in [-0.2, 0) is 22.6 Å². The van der Waals surface area contributed by atoms with Crippen LogP contribution in [0.2, 0.25) is 0 Å². The summed E-state index contributed by atoms with van der Waals surface area (Å²) in [5, 5.41) is 6.70. The summed E-state index contributed by atoms with van der Waals surface area (Å²) in [4.78, 5) is 12.7. The molecule has 0 saturated heterocycles. The van der Waals surface area contributed by atoms with Gasteiger partial charge in [0.25, 0.3) is 15.0 Å². The second-order valence-electron chi connectivity index (χ2n) is 4.11. The minimum atomic E-state index is -3.71. The molecule has 9 heteroatoms. The van der Waals surface area contributed by atoms with Gasteiger partial charge >= 0.3 is 0 Å². The van der Waals surface area contributed by atoms with Gasteiger partial charge in [-0.05, 0) is 19.1 Å². The number of aryl methyl sites for hydroxylation is 1. The molecule has 0 aliphatic carbocycles. The van der Waals surface area contributed by atoms with Gasteiger partial charge in [-0.1, -0.05) is 0 Å². The Labute approximate surface area is 124 Å². The number of thiophene rings is 1. The van der Waals surface area contributed by atoms with E-state index in [0.29, 0.717) is 10.4 Å². The fraction of sp³-hybridized carbons (Fsp3) is 0.273. The van der Waals surface area contributed by atoms with Crippen LogP contribution in [0.15, 0.2) is 22.5 Å². The zero-order valence-electron chi connectivity index (χ0n) is 10.8. The summed E-state index contributed by atoms with van der Waals surface area (Å²) in [7, 11) is 3.28. The number of nitrogens with zero attached hydrogens (tertiary/aromatic N) is 2. The van der Waals surface area contributed by atoms with E-state index < -0.39 is 9.05 Å². The fourth-order valence-corrected chi connectivity index (χ4v) is 3.63. The number of carbonyl (C=O) groups is 1. The van der Waals surface area contributed by atoms with E-state index in [1.54, 1.807) is 24.7 Å². The first-order valence-corrected chi connectivity index (χ1v) is 8.72. The van der Waals surface area contributed by atoms with Crippen LogP contribution in [0.3, 0.4) is 0 Å². The van der Waals surface area contributed by atoms with Crippen LogP contribution in [-0.4, -0.2) is 24.1 Å². The minimum Gasteiger partial charge on any atom is -0.347 e. The van der Waals surface area contributed by atoms with Gasteiger partial charge < -0.3 is 5.32 Å². The zero-order valence-corrected chi connectivity index (χ0v) is 13.1. The number of rotatable bonds is 4. The Kier molecular flexibility index (Phi) is 4.17. The summed E-state index contributed by atoms with van der Waals surface area (Å²) < 4.78 is 23.9. The highest BCUT2D eigenvalue weighted by Gasteiger charge is 2.15. The molecule has 2 aromatic heterocycles. The molecule has 0 saturated carbocycles. The quantitative estimate of drug-likeness (QED) is 0.863. The van der Waals surface area contributed by atoms with Gasteiger partial charge in [-0.2, -0.15) is 5.10 Å². The zero-order chi connectivity index (χ0) is 14.9. The van der Waals surface area contributed by atoms with Gasteiger partial charge in [0.15, 0.2) is 0 Å². The summed E-state index contributed by atoms with van der Waals surface area (Å²) in [5.74, 6) is -0.251. The van der Waals surface area contributed by atoms with Crippen molar-refractivity contribution in [3.63, 3.8) is 0 Å². The molecule has 2 heterocycles. The first-order chi connectivity index (χ1) is 9.29. The highest BCUT2D eigenvalue weighted by atomic mass is 35.7. The number of nitrogens with one attached hydrogen (secondary N) is 1. The van der Waals surface area contributed by atoms with Crippen molar-refractivity contribution in [2.24, 2.45) is 7.05 Å². The smallest absolute Gasteiger partial charge is 0.270 e. The third-order valence-electron chi connectivity index (χ3n) is 2.78. The molecule has 108 valence electrons. The van der Waals surface area contributed by atoms with Gasteiger partial charge in [0.2, 0.25) is 0 Å². The summed E-state index contributed by atoms with van der Waals surface area (Å²) in [5.41, 5.74) is 1.26. The summed E-state index contributed by atoms with van der Waals surface area (Å²) >= 11 is 1.03. The summed E-state index contributed by atoms with van der Waals surface area (Å²) in [6.07, 6.45) is 1.49. The highest BCUT2D eigenvalue weighted by molar-refractivity contribution is 8.15. The van der Waals surface area contributed by atoms with Gasteiger partial charge in [0, 0.05) is 28.3 Å².